The lowest BCUT2D eigenvalue weighted by atomic mass is 10.2. The Balaban J connectivity index is 0.00000288. The number of alkyl halides is 2. The smallest absolute Gasteiger partial charge is 0.319 e. The number of anilines is 2. The van der Waals surface area contributed by atoms with Gasteiger partial charge in [0.05, 0.1) is 12.6 Å². The molecule has 6 nitrogen and oxygen atoms in total. The van der Waals surface area contributed by atoms with Crippen LogP contribution < -0.4 is 21.3 Å². The van der Waals surface area contributed by atoms with Crippen LogP contribution in [0.5, 0.6) is 0 Å². The zero-order chi connectivity index (χ0) is 16.9. The second-order valence-electron chi connectivity index (χ2n) is 5.18. The average Bonchev–Trinajstić information content (AvgIpc) is 2.87. The number of urea groups is 1. The molecule has 2 rings (SSSR count). The number of hydrogen-bond donors (Lipinski definition) is 4. The van der Waals surface area contributed by atoms with Crippen LogP contribution in [0.2, 0.25) is 0 Å². The predicted molar refractivity (Wildman–Crippen MR) is 90.9 cm³/mol. The molecular formula is C15H19ClF2N4O2. The minimum atomic E-state index is -2.85. The highest BCUT2D eigenvalue weighted by atomic mass is 35.5. The Bertz CT molecular complexity index is 596. The summed E-state index contributed by atoms with van der Waals surface area (Å²) in [4.78, 5) is 23.3. The van der Waals surface area contributed by atoms with Crippen LogP contribution in [0.3, 0.4) is 0 Å². The van der Waals surface area contributed by atoms with Gasteiger partial charge in [-0.05, 0) is 24.3 Å². The molecule has 0 aliphatic carbocycles. The highest BCUT2D eigenvalue weighted by Gasteiger charge is 2.42. The molecule has 1 heterocycles. The van der Waals surface area contributed by atoms with Crippen molar-refractivity contribution in [3.05, 3.63) is 36.9 Å². The van der Waals surface area contributed by atoms with Crippen LogP contribution in [0.1, 0.15) is 6.42 Å². The number of carbonyl (C=O) groups is 2. The van der Waals surface area contributed by atoms with Gasteiger partial charge in [-0.25, -0.2) is 13.6 Å². The van der Waals surface area contributed by atoms with Crippen LogP contribution in [0.15, 0.2) is 36.9 Å². The van der Waals surface area contributed by atoms with E-state index in [0.29, 0.717) is 17.9 Å². The summed E-state index contributed by atoms with van der Waals surface area (Å²) < 4.78 is 26.1. The van der Waals surface area contributed by atoms with Gasteiger partial charge in [0.2, 0.25) is 5.91 Å². The molecule has 0 saturated carbocycles. The fourth-order valence-electron chi connectivity index (χ4n) is 2.11. The van der Waals surface area contributed by atoms with Crippen molar-refractivity contribution in [1.82, 2.24) is 10.6 Å². The number of benzene rings is 1. The molecule has 1 fully saturated rings. The second kappa shape index (κ2) is 8.60. The van der Waals surface area contributed by atoms with E-state index in [2.05, 4.69) is 27.8 Å². The summed E-state index contributed by atoms with van der Waals surface area (Å²) >= 11 is 0. The van der Waals surface area contributed by atoms with Crippen molar-refractivity contribution in [1.29, 1.82) is 0 Å². The van der Waals surface area contributed by atoms with E-state index in [1.54, 1.807) is 30.3 Å². The van der Waals surface area contributed by atoms with Crippen LogP contribution >= 0.6 is 12.4 Å². The maximum atomic E-state index is 13.1. The van der Waals surface area contributed by atoms with Gasteiger partial charge in [-0.15, -0.1) is 19.0 Å². The molecule has 1 aromatic carbocycles. The highest BCUT2D eigenvalue weighted by molar-refractivity contribution is 5.95. The summed E-state index contributed by atoms with van der Waals surface area (Å²) in [6.45, 7) is 3.34. The summed E-state index contributed by atoms with van der Waals surface area (Å²) in [6.07, 6.45) is 1.04. The van der Waals surface area contributed by atoms with E-state index in [-0.39, 0.29) is 18.4 Å². The molecule has 0 aromatic heterocycles. The van der Waals surface area contributed by atoms with Crippen molar-refractivity contribution in [3.63, 3.8) is 0 Å². The van der Waals surface area contributed by atoms with E-state index in [1.165, 1.54) is 0 Å². The maximum absolute atomic E-state index is 13.1. The lowest BCUT2D eigenvalue weighted by molar-refractivity contribution is -0.118. The van der Waals surface area contributed by atoms with E-state index in [1.807, 2.05) is 0 Å². The highest BCUT2D eigenvalue weighted by Crippen LogP contribution is 2.25. The standard InChI is InChI=1S/C15H18F2N4O2.ClH/c1-2-7-18-14(23)21-11-5-3-10(4-6-11)20-13(22)12-8-15(16,17)9-19-12;/h2-6,12,19H,1,7-9H2,(H,20,22)(H2,18,21,23);1H. The SMILES string of the molecule is C=CCNC(=O)Nc1ccc(NC(=O)C2CC(F)(F)CN2)cc1.Cl. The second-order valence-corrected chi connectivity index (χ2v) is 5.18. The van der Waals surface area contributed by atoms with E-state index in [0.717, 1.165) is 0 Å². The monoisotopic (exact) mass is 360 g/mol. The van der Waals surface area contributed by atoms with Crippen LogP contribution in [0, 0.1) is 0 Å². The molecule has 0 spiro atoms. The third-order valence-electron chi connectivity index (χ3n) is 3.24. The Kier molecular flexibility index (Phi) is 7.12. The van der Waals surface area contributed by atoms with Gasteiger partial charge >= 0.3 is 6.03 Å². The molecule has 24 heavy (non-hydrogen) atoms. The molecule has 1 aliphatic rings. The predicted octanol–water partition coefficient (Wildman–Crippen LogP) is 2.35. The third kappa shape index (κ3) is 5.78. The zero-order valence-electron chi connectivity index (χ0n) is 12.8. The molecule has 0 radical (unpaired) electrons. The molecule has 0 bridgehead atoms. The minimum absolute atomic E-state index is 0. The van der Waals surface area contributed by atoms with E-state index in [4.69, 9.17) is 0 Å². The first-order valence-corrected chi connectivity index (χ1v) is 7.07. The van der Waals surface area contributed by atoms with Gasteiger partial charge in [0, 0.05) is 24.3 Å². The summed E-state index contributed by atoms with van der Waals surface area (Å²) in [5, 5.41) is 10.2. The first-order valence-electron chi connectivity index (χ1n) is 7.07. The Morgan fingerprint density at radius 3 is 2.33 bits per heavy atom. The van der Waals surface area contributed by atoms with Crippen LogP contribution in [-0.2, 0) is 4.79 Å². The molecule has 4 N–H and O–H groups in total. The van der Waals surface area contributed by atoms with Gasteiger partial charge in [-0.1, -0.05) is 6.08 Å². The molecule has 3 amide bonds. The van der Waals surface area contributed by atoms with Crippen LogP contribution in [0.25, 0.3) is 0 Å². The summed E-state index contributed by atoms with van der Waals surface area (Å²) in [5.74, 6) is -3.36. The van der Waals surface area contributed by atoms with Gasteiger partial charge < -0.3 is 16.0 Å². The fourth-order valence-corrected chi connectivity index (χ4v) is 2.11. The molecule has 1 saturated heterocycles. The average molecular weight is 361 g/mol. The summed E-state index contributed by atoms with van der Waals surface area (Å²) in [7, 11) is 0. The van der Waals surface area contributed by atoms with Crippen molar-refractivity contribution >= 4 is 35.7 Å². The van der Waals surface area contributed by atoms with Gasteiger partial charge in [-0.2, -0.15) is 0 Å². The molecule has 9 heteroatoms. The number of halogens is 3. The van der Waals surface area contributed by atoms with Crippen molar-refractivity contribution in [2.24, 2.45) is 0 Å². The van der Waals surface area contributed by atoms with Crippen molar-refractivity contribution < 1.29 is 18.4 Å². The zero-order valence-corrected chi connectivity index (χ0v) is 13.6. The van der Waals surface area contributed by atoms with Gasteiger partial charge in [-0.3, -0.25) is 10.1 Å². The largest absolute Gasteiger partial charge is 0.334 e. The molecule has 132 valence electrons. The topological polar surface area (TPSA) is 82.3 Å². The number of carbonyl (C=O) groups excluding carboxylic acids is 2. The Hall–Kier alpha value is -2.19. The Morgan fingerprint density at radius 2 is 1.83 bits per heavy atom. The quantitative estimate of drug-likeness (QED) is 0.608. The molecule has 1 unspecified atom stereocenters. The van der Waals surface area contributed by atoms with E-state index < -0.39 is 30.8 Å². The number of hydrogen-bond acceptors (Lipinski definition) is 3. The molecular weight excluding hydrogens is 342 g/mol. The Morgan fingerprint density at radius 1 is 1.25 bits per heavy atom. The number of nitrogens with one attached hydrogen (secondary N) is 4. The van der Waals surface area contributed by atoms with E-state index in [9.17, 15) is 18.4 Å². The maximum Gasteiger partial charge on any atom is 0.319 e. The molecule has 1 atom stereocenters. The van der Waals surface area contributed by atoms with Crippen LogP contribution in [0.4, 0.5) is 25.0 Å². The van der Waals surface area contributed by atoms with Gasteiger partial charge in [0.1, 0.15) is 0 Å². The van der Waals surface area contributed by atoms with Crippen molar-refractivity contribution in [3.8, 4) is 0 Å². The first kappa shape index (κ1) is 19.9. The number of rotatable bonds is 5. The summed E-state index contributed by atoms with van der Waals surface area (Å²) in [5.41, 5.74) is 0.999. The fraction of sp³-hybridized carbons (Fsp3) is 0.333. The lowest BCUT2D eigenvalue weighted by Gasteiger charge is -2.12. The van der Waals surface area contributed by atoms with Crippen LogP contribution in [-0.4, -0.2) is 37.0 Å². The Labute approximate surface area is 144 Å². The van der Waals surface area contributed by atoms with E-state index >= 15 is 0 Å². The summed E-state index contributed by atoms with van der Waals surface area (Å²) in [6, 6.07) is 5.06. The molecule has 1 aromatic rings. The first-order chi connectivity index (χ1) is 10.9. The number of amides is 3. The van der Waals surface area contributed by atoms with Crippen molar-refractivity contribution in [2.75, 3.05) is 23.7 Å². The lowest BCUT2D eigenvalue weighted by Crippen LogP contribution is -2.35. The minimum Gasteiger partial charge on any atom is -0.334 e. The third-order valence-corrected chi connectivity index (χ3v) is 3.24. The molecule has 1 aliphatic heterocycles. The normalized spacial score (nSPS) is 18.2. The van der Waals surface area contributed by atoms with Gasteiger partial charge in [0.15, 0.2) is 0 Å². The van der Waals surface area contributed by atoms with Crippen molar-refractivity contribution in [2.45, 2.75) is 18.4 Å². The van der Waals surface area contributed by atoms with Gasteiger partial charge in [0.25, 0.3) is 5.92 Å².